The van der Waals surface area contributed by atoms with Gasteiger partial charge >= 0.3 is 0 Å². The number of hydrogen-bond donors (Lipinski definition) is 1. The molecule has 1 amide bonds. The van der Waals surface area contributed by atoms with Gasteiger partial charge in [0.05, 0.1) is 21.7 Å². The second-order valence-electron chi connectivity index (χ2n) is 5.44. The van der Waals surface area contributed by atoms with Crippen LogP contribution in [-0.4, -0.2) is 20.6 Å². The van der Waals surface area contributed by atoms with Gasteiger partial charge in [0.25, 0.3) is 11.6 Å². The zero-order valence-corrected chi connectivity index (χ0v) is 15.4. The Morgan fingerprint density at radius 2 is 2.00 bits per heavy atom. The predicted octanol–water partition coefficient (Wildman–Crippen LogP) is 4.68. The zero-order chi connectivity index (χ0) is 19.6. The molecule has 0 saturated carbocycles. The number of carbonyl (C=O) groups excluding carboxylic acids is 1. The highest BCUT2D eigenvalue weighted by Crippen LogP contribution is 2.34. The van der Waals surface area contributed by atoms with E-state index in [4.69, 9.17) is 27.9 Å². The molecule has 1 heterocycles. The predicted molar refractivity (Wildman–Crippen MR) is 101 cm³/mol. The largest absolute Gasteiger partial charge is 0.455 e. The summed E-state index contributed by atoms with van der Waals surface area (Å²) in [6.45, 7) is 0. The van der Waals surface area contributed by atoms with E-state index in [2.05, 4.69) is 10.4 Å². The van der Waals surface area contributed by atoms with Crippen LogP contribution in [0.1, 0.15) is 10.5 Å². The molecule has 0 spiro atoms. The van der Waals surface area contributed by atoms with Gasteiger partial charge in [0, 0.05) is 30.4 Å². The number of anilines is 1. The summed E-state index contributed by atoms with van der Waals surface area (Å²) in [6, 6.07) is 10.0. The van der Waals surface area contributed by atoms with Gasteiger partial charge in [-0.15, -0.1) is 0 Å². The number of rotatable bonds is 5. The van der Waals surface area contributed by atoms with Crippen molar-refractivity contribution < 1.29 is 14.5 Å². The third-order valence-corrected chi connectivity index (χ3v) is 4.07. The van der Waals surface area contributed by atoms with Gasteiger partial charge in [-0.3, -0.25) is 19.6 Å². The number of ether oxygens (including phenoxy) is 1. The van der Waals surface area contributed by atoms with Crippen molar-refractivity contribution in [3.63, 3.8) is 0 Å². The number of nitro benzene ring substituents is 1. The zero-order valence-electron chi connectivity index (χ0n) is 13.8. The number of nitrogens with one attached hydrogen (secondary N) is 1. The van der Waals surface area contributed by atoms with Crippen molar-refractivity contribution in [3.05, 3.63) is 74.5 Å². The average molecular weight is 407 g/mol. The smallest absolute Gasteiger partial charge is 0.275 e. The van der Waals surface area contributed by atoms with E-state index in [1.54, 1.807) is 13.1 Å². The van der Waals surface area contributed by atoms with E-state index in [0.717, 1.165) is 0 Å². The minimum atomic E-state index is -0.587. The van der Waals surface area contributed by atoms with Gasteiger partial charge in [0.15, 0.2) is 0 Å². The molecular formula is C17H12Cl2N4O4. The first-order valence-corrected chi connectivity index (χ1v) is 8.31. The van der Waals surface area contributed by atoms with E-state index in [0.29, 0.717) is 10.7 Å². The maximum absolute atomic E-state index is 12.3. The van der Waals surface area contributed by atoms with Gasteiger partial charge in [-0.05, 0) is 24.3 Å². The van der Waals surface area contributed by atoms with Gasteiger partial charge in [-0.2, -0.15) is 5.10 Å². The summed E-state index contributed by atoms with van der Waals surface area (Å²) in [6.07, 6.45) is 1.47. The molecule has 27 heavy (non-hydrogen) atoms. The molecule has 1 aromatic heterocycles. The van der Waals surface area contributed by atoms with E-state index < -0.39 is 10.8 Å². The lowest BCUT2D eigenvalue weighted by Crippen LogP contribution is -2.16. The fourth-order valence-electron chi connectivity index (χ4n) is 2.30. The Labute approximate surface area is 163 Å². The number of nitro groups is 1. The highest BCUT2D eigenvalue weighted by Gasteiger charge is 2.16. The molecule has 10 heteroatoms. The molecule has 0 aliphatic rings. The number of nitrogens with zero attached hydrogens (tertiary/aromatic N) is 3. The Morgan fingerprint density at radius 1 is 1.22 bits per heavy atom. The first-order valence-electron chi connectivity index (χ1n) is 7.55. The summed E-state index contributed by atoms with van der Waals surface area (Å²) in [5, 5.41) is 18.4. The quantitative estimate of drug-likeness (QED) is 0.489. The highest BCUT2D eigenvalue weighted by atomic mass is 35.5. The van der Waals surface area contributed by atoms with Gasteiger partial charge < -0.3 is 10.1 Å². The maximum Gasteiger partial charge on any atom is 0.275 e. The van der Waals surface area contributed by atoms with Crippen LogP contribution in [-0.2, 0) is 7.05 Å². The lowest BCUT2D eigenvalue weighted by Gasteiger charge is -2.11. The number of non-ortho nitro benzene ring substituents is 1. The molecular weight excluding hydrogens is 395 g/mol. The van der Waals surface area contributed by atoms with Gasteiger partial charge in [0.1, 0.15) is 17.2 Å². The number of hydrogen-bond acceptors (Lipinski definition) is 5. The summed E-state index contributed by atoms with van der Waals surface area (Å²) < 4.78 is 7.01. The molecule has 8 nitrogen and oxygen atoms in total. The van der Waals surface area contributed by atoms with Crippen LogP contribution in [0.4, 0.5) is 11.4 Å². The number of benzene rings is 2. The third-order valence-electron chi connectivity index (χ3n) is 3.54. The van der Waals surface area contributed by atoms with E-state index in [9.17, 15) is 14.9 Å². The number of halogens is 2. The van der Waals surface area contributed by atoms with Crippen molar-refractivity contribution >= 4 is 40.5 Å². The molecule has 3 aromatic rings. The second kappa shape index (κ2) is 7.65. The number of aromatic nitrogens is 2. The lowest BCUT2D eigenvalue weighted by atomic mass is 10.2. The number of amides is 1. The van der Waals surface area contributed by atoms with Crippen LogP contribution in [0.2, 0.25) is 10.0 Å². The second-order valence-corrected chi connectivity index (χ2v) is 6.29. The summed E-state index contributed by atoms with van der Waals surface area (Å²) in [7, 11) is 1.61. The topological polar surface area (TPSA) is 99.3 Å². The molecule has 0 bridgehead atoms. The molecule has 0 radical (unpaired) electrons. The molecule has 0 fully saturated rings. The Bertz CT molecular complexity index is 1040. The fraction of sp³-hybridized carbons (Fsp3) is 0.0588. The Balaban J connectivity index is 1.92. The average Bonchev–Trinajstić information content (AvgIpc) is 3.03. The Morgan fingerprint density at radius 3 is 2.63 bits per heavy atom. The standard InChI is InChI=1S/C17H12Cl2N4O4/c1-22-15(4-5-20-22)17(24)21-11-7-12(23(25)26)9-13(8-11)27-16-3-2-10(18)6-14(16)19/h2-9H,1H3,(H,21,24). The molecule has 0 aliphatic carbocycles. The molecule has 2 aromatic carbocycles. The summed E-state index contributed by atoms with van der Waals surface area (Å²) >= 11 is 11.9. The molecule has 3 rings (SSSR count). The van der Waals surface area contributed by atoms with Crippen molar-refractivity contribution in [2.75, 3.05) is 5.32 Å². The summed E-state index contributed by atoms with van der Waals surface area (Å²) in [5.41, 5.74) is 0.234. The maximum atomic E-state index is 12.3. The van der Waals surface area contributed by atoms with E-state index in [1.807, 2.05) is 0 Å². The molecule has 0 unspecified atom stereocenters. The first kappa shape index (κ1) is 18.7. The normalized spacial score (nSPS) is 10.5. The van der Waals surface area contributed by atoms with Crippen molar-refractivity contribution in [1.29, 1.82) is 0 Å². The van der Waals surface area contributed by atoms with Crippen molar-refractivity contribution in [1.82, 2.24) is 9.78 Å². The van der Waals surface area contributed by atoms with E-state index in [1.165, 1.54) is 47.3 Å². The monoisotopic (exact) mass is 406 g/mol. The molecule has 0 atom stereocenters. The molecule has 0 saturated heterocycles. The number of carbonyl (C=O) groups is 1. The first-order chi connectivity index (χ1) is 12.8. The SMILES string of the molecule is Cn1nccc1C(=O)Nc1cc(Oc2ccc(Cl)cc2Cl)cc([N+](=O)[O-])c1. The summed E-state index contributed by atoms with van der Waals surface area (Å²) in [4.78, 5) is 23.0. The van der Waals surface area contributed by atoms with Crippen molar-refractivity contribution in [2.45, 2.75) is 0 Å². The van der Waals surface area contributed by atoms with Crippen LogP contribution in [0, 0.1) is 10.1 Å². The molecule has 1 N–H and O–H groups in total. The van der Waals surface area contributed by atoms with E-state index >= 15 is 0 Å². The van der Waals surface area contributed by atoms with Crippen LogP contribution in [0.5, 0.6) is 11.5 Å². The van der Waals surface area contributed by atoms with Crippen molar-refractivity contribution in [2.24, 2.45) is 7.05 Å². The third kappa shape index (κ3) is 4.36. The van der Waals surface area contributed by atoms with Crippen LogP contribution in [0.25, 0.3) is 0 Å². The lowest BCUT2D eigenvalue weighted by molar-refractivity contribution is -0.384. The van der Waals surface area contributed by atoms with Gasteiger partial charge in [-0.1, -0.05) is 23.2 Å². The van der Waals surface area contributed by atoms with E-state index in [-0.39, 0.29) is 27.9 Å². The van der Waals surface area contributed by atoms with Crippen LogP contribution >= 0.6 is 23.2 Å². The summed E-state index contributed by atoms with van der Waals surface area (Å²) in [5.74, 6) is -0.0647. The Hall–Kier alpha value is -3.10. The van der Waals surface area contributed by atoms with Crippen LogP contribution < -0.4 is 10.1 Å². The Kier molecular flexibility index (Phi) is 5.29. The minimum absolute atomic E-state index is 0.133. The van der Waals surface area contributed by atoms with Crippen LogP contribution in [0.3, 0.4) is 0 Å². The van der Waals surface area contributed by atoms with Crippen LogP contribution in [0.15, 0.2) is 48.7 Å². The highest BCUT2D eigenvalue weighted by molar-refractivity contribution is 6.35. The minimum Gasteiger partial charge on any atom is -0.455 e. The molecule has 138 valence electrons. The number of aryl methyl sites for hydroxylation is 1. The van der Waals surface area contributed by atoms with Gasteiger partial charge in [-0.25, -0.2) is 0 Å². The molecule has 0 aliphatic heterocycles. The van der Waals surface area contributed by atoms with Crippen molar-refractivity contribution in [3.8, 4) is 11.5 Å². The van der Waals surface area contributed by atoms with Gasteiger partial charge in [0.2, 0.25) is 0 Å². The fourth-order valence-corrected chi connectivity index (χ4v) is 2.74.